The predicted octanol–water partition coefficient (Wildman–Crippen LogP) is 2.99. The number of carbonyl (C=O) groups excluding carboxylic acids is 1. The van der Waals surface area contributed by atoms with Crippen LogP contribution in [0.3, 0.4) is 0 Å². The van der Waals surface area contributed by atoms with E-state index in [1.54, 1.807) is 6.07 Å². The summed E-state index contributed by atoms with van der Waals surface area (Å²) in [5, 5.41) is 3.06. The smallest absolute Gasteiger partial charge is 0.253 e. The molecule has 0 saturated heterocycles. The van der Waals surface area contributed by atoms with Crippen molar-refractivity contribution in [2.45, 2.75) is 27.7 Å². The van der Waals surface area contributed by atoms with Crippen LogP contribution in [0.25, 0.3) is 0 Å². The summed E-state index contributed by atoms with van der Waals surface area (Å²) < 4.78 is 0. The monoisotopic (exact) mass is 291 g/mol. The molecule has 1 amide bonds. The molecule has 0 unspecified atom stereocenters. The number of benzene rings is 1. The lowest BCUT2D eigenvalue weighted by atomic mass is 9.85. The van der Waals surface area contributed by atoms with Crippen LogP contribution in [0, 0.1) is 17.8 Å². The van der Waals surface area contributed by atoms with E-state index >= 15 is 0 Å². The van der Waals surface area contributed by atoms with Crippen LogP contribution in [-0.4, -0.2) is 26.5 Å². The van der Waals surface area contributed by atoms with Crippen molar-refractivity contribution in [3.05, 3.63) is 23.8 Å². The Kier molecular flexibility index (Phi) is 6.06. The Bertz CT molecular complexity index is 473. The number of nitrogens with one attached hydrogen (secondary N) is 1. The van der Waals surface area contributed by atoms with Gasteiger partial charge in [-0.3, -0.25) is 4.79 Å². The van der Waals surface area contributed by atoms with Crippen molar-refractivity contribution in [2.24, 2.45) is 17.8 Å². The number of hydrogen-bond donors (Lipinski definition) is 2. The van der Waals surface area contributed by atoms with Crippen molar-refractivity contribution in [2.75, 3.05) is 31.3 Å². The minimum Gasteiger partial charge on any atom is -0.399 e. The van der Waals surface area contributed by atoms with Gasteiger partial charge >= 0.3 is 0 Å². The zero-order valence-electron chi connectivity index (χ0n) is 14.1. The molecule has 118 valence electrons. The second-order valence-electron chi connectivity index (χ2n) is 6.53. The first-order valence-electron chi connectivity index (χ1n) is 7.59. The molecule has 0 aromatic heterocycles. The van der Waals surface area contributed by atoms with Gasteiger partial charge in [0.2, 0.25) is 0 Å². The van der Waals surface area contributed by atoms with Gasteiger partial charge in [-0.15, -0.1) is 0 Å². The zero-order valence-corrected chi connectivity index (χ0v) is 14.1. The maximum Gasteiger partial charge on any atom is 0.253 e. The molecule has 0 fully saturated rings. The minimum atomic E-state index is -0.0581. The molecule has 0 aliphatic carbocycles. The van der Waals surface area contributed by atoms with Gasteiger partial charge in [0.05, 0.1) is 5.56 Å². The van der Waals surface area contributed by atoms with E-state index in [0.29, 0.717) is 35.5 Å². The summed E-state index contributed by atoms with van der Waals surface area (Å²) in [5.41, 5.74) is 7.94. The summed E-state index contributed by atoms with van der Waals surface area (Å²) in [7, 11) is 3.85. The number of hydrogen-bond acceptors (Lipinski definition) is 3. The zero-order chi connectivity index (χ0) is 16.2. The first-order chi connectivity index (χ1) is 9.73. The molecule has 1 aromatic carbocycles. The standard InChI is InChI=1S/C17H29N3O/c1-11(2)15(12(3)4)10-19-17(21)14-9-13(18)7-8-16(14)20(5)6/h7-9,11-12,15H,10,18H2,1-6H3,(H,19,21). The van der Waals surface area contributed by atoms with Gasteiger partial charge in [-0.2, -0.15) is 0 Å². The SMILES string of the molecule is CC(C)C(CNC(=O)c1cc(N)ccc1N(C)C)C(C)C. The van der Waals surface area contributed by atoms with E-state index in [1.807, 2.05) is 31.1 Å². The highest BCUT2D eigenvalue weighted by Crippen LogP contribution is 2.23. The van der Waals surface area contributed by atoms with E-state index in [2.05, 4.69) is 33.0 Å². The molecule has 4 heteroatoms. The maximum atomic E-state index is 12.5. The number of amides is 1. The Balaban J connectivity index is 2.87. The van der Waals surface area contributed by atoms with Gasteiger partial charge < -0.3 is 16.0 Å². The van der Waals surface area contributed by atoms with Crippen LogP contribution in [-0.2, 0) is 0 Å². The average Bonchev–Trinajstić information content (AvgIpc) is 2.37. The molecular formula is C17H29N3O. The van der Waals surface area contributed by atoms with Gasteiger partial charge in [-0.05, 0) is 36.0 Å². The van der Waals surface area contributed by atoms with Crippen LogP contribution >= 0.6 is 0 Å². The van der Waals surface area contributed by atoms with Gasteiger partial charge in [0.25, 0.3) is 5.91 Å². The molecular weight excluding hydrogens is 262 g/mol. The van der Waals surface area contributed by atoms with Crippen molar-refractivity contribution in [1.29, 1.82) is 0 Å². The molecule has 1 aromatic rings. The predicted molar refractivity (Wildman–Crippen MR) is 90.7 cm³/mol. The molecule has 0 heterocycles. The van der Waals surface area contributed by atoms with Gasteiger partial charge in [-0.25, -0.2) is 0 Å². The van der Waals surface area contributed by atoms with Crippen molar-refractivity contribution < 1.29 is 4.79 Å². The topological polar surface area (TPSA) is 58.4 Å². The Labute approximate surface area is 128 Å². The highest BCUT2D eigenvalue weighted by atomic mass is 16.1. The molecule has 0 bridgehead atoms. The largest absolute Gasteiger partial charge is 0.399 e. The maximum absolute atomic E-state index is 12.5. The number of nitrogens with zero attached hydrogens (tertiary/aromatic N) is 1. The highest BCUT2D eigenvalue weighted by Gasteiger charge is 2.20. The molecule has 4 nitrogen and oxygen atoms in total. The third kappa shape index (κ3) is 4.66. The van der Waals surface area contributed by atoms with E-state index < -0.39 is 0 Å². The third-order valence-corrected chi connectivity index (χ3v) is 3.96. The van der Waals surface area contributed by atoms with Crippen molar-refractivity contribution >= 4 is 17.3 Å². The van der Waals surface area contributed by atoms with E-state index in [9.17, 15) is 4.79 Å². The number of carbonyl (C=O) groups is 1. The number of rotatable bonds is 6. The lowest BCUT2D eigenvalue weighted by Crippen LogP contribution is -2.34. The second kappa shape index (κ2) is 7.34. The Morgan fingerprint density at radius 2 is 1.76 bits per heavy atom. The van der Waals surface area contributed by atoms with Crippen LogP contribution in [0.1, 0.15) is 38.1 Å². The molecule has 0 saturated carbocycles. The fraction of sp³-hybridized carbons (Fsp3) is 0.588. The Morgan fingerprint density at radius 3 is 2.24 bits per heavy atom. The summed E-state index contributed by atoms with van der Waals surface area (Å²) in [4.78, 5) is 14.4. The van der Waals surface area contributed by atoms with Crippen LogP contribution in [0.4, 0.5) is 11.4 Å². The van der Waals surface area contributed by atoms with Crippen molar-refractivity contribution in [3.8, 4) is 0 Å². The van der Waals surface area contributed by atoms with E-state index in [4.69, 9.17) is 5.73 Å². The molecule has 0 spiro atoms. The molecule has 1 rings (SSSR count). The lowest BCUT2D eigenvalue weighted by molar-refractivity contribution is 0.0938. The summed E-state index contributed by atoms with van der Waals surface area (Å²) in [5.74, 6) is 1.49. The second-order valence-corrected chi connectivity index (χ2v) is 6.53. The van der Waals surface area contributed by atoms with Gasteiger partial charge in [0, 0.05) is 32.0 Å². The number of nitrogens with two attached hydrogens (primary N) is 1. The van der Waals surface area contributed by atoms with Crippen LogP contribution in [0.2, 0.25) is 0 Å². The molecule has 0 atom stereocenters. The van der Waals surface area contributed by atoms with E-state index in [0.717, 1.165) is 5.69 Å². The van der Waals surface area contributed by atoms with Gasteiger partial charge in [-0.1, -0.05) is 27.7 Å². The first kappa shape index (κ1) is 17.3. The highest BCUT2D eigenvalue weighted by molar-refractivity contribution is 6.00. The summed E-state index contributed by atoms with van der Waals surface area (Å²) in [6.07, 6.45) is 0. The summed E-state index contributed by atoms with van der Waals surface area (Å²) in [6.45, 7) is 9.48. The normalized spacial score (nSPS) is 11.3. The quantitative estimate of drug-likeness (QED) is 0.792. The van der Waals surface area contributed by atoms with Gasteiger partial charge in [0.15, 0.2) is 0 Å². The Morgan fingerprint density at radius 1 is 1.19 bits per heavy atom. The van der Waals surface area contributed by atoms with Crippen LogP contribution in [0.15, 0.2) is 18.2 Å². The van der Waals surface area contributed by atoms with Gasteiger partial charge in [0.1, 0.15) is 0 Å². The third-order valence-electron chi connectivity index (χ3n) is 3.96. The number of nitrogen functional groups attached to an aromatic ring is 1. The van der Waals surface area contributed by atoms with E-state index in [1.165, 1.54) is 0 Å². The average molecular weight is 291 g/mol. The molecule has 0 radical (unpaired) electrons. The Hall–Kier alpha value is -1.71. The van der Waals surface area contributed by atoms with Crippen LogP contribution in [0.5, 0.6) is 0 Å². The number of anilines is 2. The molecule has 3 N–H and O–H groups in total. The minimum absolute atomic E-state index is 0.0581. The fourth-order valence-electron chi connectivity index (χ4n) is 2.67. The van der Waals surface area contributed by atoms with E-state index in [-0.39, 0.29) is 5.91 Å². The lowest BCUT2D eigenvalue weighted by Gasteiger charge is -2.25. The summed E-state index contributed by atoms with van der Waals surface area (Å²) >= 11 is 0. The van der Waals surface area contributed by atoms with Crippen molar-refractivity contribution in [3.63, 3.8) is 0 Å². The van der Waals surface area contributed by atoms with Crippen LogP contribution < -0.4 is 16.0 Å². The fourth-order valence-corrected chi connectivity index (χ4v) is 2.67. The molecule has 0 aliphatic rings. The first-order valence-corrected chi connectivity index (χ1v) is 7.59. The van der Waals surface area contributed by atoms with Crippen molar-refractivity contribution in [1.82, 2.24) is 5.32 Å². The molecule has 0 aliphatic heterocycles. The summed E-state index contributed by atoms with van der Waals surface area (Å²) in [6, 6.07) is 5.44. The molecule has 21 heavy (non-hydrogen) atoms.